The van der Waals surface area contributed by atoms with E-state index in [0.29, 0.717) is 28.7 Å². The topological polar surface area (TPSA) is 79.9 Å². The van der Waals surface area contributed by atoms with Gasteiger partial charge in [0.1, 0.15) is 17.0 Å². The lowest BCUT2D eigenvalue weighted by Crippen LogP contribution is -2.62. The molecule has 2 amide bonds. The average Bonchev–Trinajstić information content (AvgIpc) is 2.80. The predicted molar refractivity (Wildman–Crippen MR) is 118 cm³/mol. The maximum atomic E-state index is 13.4. The van der Waals surface area contributed by atoms with Gasteiger partial charge in [-0.2, -0.15) is 0 Å². The minimum atomic E-state index is -1.07. The molecule has 2 aliphatic rings. The quantitative estimate of drug-likeness (QED) is 0.790. The molecule has 0 aromatic heterocycles. The minimum Gasteiger partial charge on any atom is -0.496 e. The van der Waals surface area contributed by atoms with Crippen LogP contribution < -0.4 is 20.1 Å². The fourth-order valence-electron chi connectivity index (χ4n) is 4.14. The van der Waals surface area contributed by atoms with Gasteiger partial charge in [-0.3, -0.25) is 9.59 Å². The molecule has 3 rings (SSSR count). The van der Waals surface area contributed by atoms with Gasteiger partial charge in [-0.1, -0.05) is 6.92 Å². The van der Waals surface area contributed by atoms with Gasteiger partial charge in [0.15, 0.2) is 0 Å². The van der Waals surface area contributed by atoms with E-state index in [1.54, 1.807) is 40.3 Å². The number of rotatable bonds is 4. The van der Waals surface area contributed by atoms with Gasteiger partial charge in [0, 0.05) is 31.3 Å². The number of nitrogens with zero attached hydrogens (tertiary/aromatic N) is 1. The zero-order valence-corrected chi connectivity index (χ0v) is 18.6. The molecule has 30 heavy (non-hydrogen) atoms. The summed E-state index contributed by atoms with van der Waals surface area (Å²) in [6, 6.07) is 3.76. The Hall–Kier alpha value is -2.70. The highest BCUT2D eigenvalue weighted by molar-refractivity contribution is 5.99. The predicted octanol–water partition coefficient (Wildman–Crippen LogP) is 3.05. The molecule has 7 nitrogen and oxygen atoms in total. The SMILES string of the molecule is COc1ccc(OC)c2c1/C=C/C(=O)N(C)C(C)(C(=O)NC1CCC(C)CC1)CN2. The van der Waals surface area contributed by atoms with Crippen molar-refractivity contribution < 1.29 is 19.1 Å². The van der Waals surface area contributed by atoms with Gasteiger partial charge in [0.05, 0.1) is 19.9 Å². The molecule has 0 radical (unpaired) electrons. The summed E-state index contributed by atoms with van der Waals surface area (Å²) in [6.07, 6.45) is 7.35. The number of benzene rings is 1. The van der Waals surface area contributed by atoms with Crippen molar-refractivity contribution >= 4 is 23.6 Å². The van der Waals surface area contributed by atoms with Crippen LogP contribution in [0.3, 0.4) is 0 Å². The molecule has 1 aromatic carbocycles. The van der Waals surface area contributed by atoms with Crippen LogP contribution in [0, 0.1) is 5.92 Å². The van der Waals surface area contributed by atoms with Crippen LogP contribution in [0.25, 0.3) is 6.08 Å². The van der Waals surface area contributed by atoms with Crippen molar-refractivity contribution in [2.75, 3.05) is 33.1 Å². The summed E-state index contributed by atoms with van der Waals surface area (Å²) in [6.45, 7) is 4.28. The number of hydrogen-bond donors (Lipinski definition) is 2. The third-order valence-electron chi connectivity index (χ3n) is 6.52. The summed E-state index contributed by atoms with van der Waals surface area (Å²) in [7, 11) is 4.84. The van der Waals surface area contributed by atoms with E-state index in [-0.39, 0.29) is 24.4 Å². The lowest BCUT2D eigenvalue weighted by atomic mass is 9.86. The van der Waals surface area contributed by atoms with Crippen LogP contribution in [-0.4, -0.2) is 56.1 Å². The van der Waals surface area contributed by atoms with E-state index in [9.17, 15) is 9.59 Å². The number of amides is 2. The van der Waals surface area contributed by atoms with Crippen LogP contribution in [0.2, 0.25) is 0 Å². The molecule has 1 unspecified atom stereocenters. The molecule has 0 bridgehead atoms. The fraction of sp³-hybridized carbons (Fsp3) is 0.565. The van der Waals surface area contributed by atoms with Crippen LogP contribution in [0.5, 0.6) is 11.5 Å². The zero-order chi connectivity index (χ0) is 21.9. The number of methoxy groups -OCH3 is 2. The van der Waals surface area contributed by atoms with Crippen molar-refractivity contribution in [1.82, 2.24) is 10.2 Å². The molecule has 0 spiro atoms. The molecule has 1 saturated carbocycles. The highest BCUT2D eigenvalue weighted by Gasteiger charge is 2.41. The Labute approximate surface area is 178 Å². The average molecular weight is 416 g/mol. The third-order valence-corrected chi connectivity index (χ3v) is 6.52. The van der Waals surface area contributed by atoms with Gasteiger partial charge < -0.3 is 25.0 Å². The van der Waals surface area contributed by atoms with E-state index < -0.39 is 5.54 Å². The Morgan fingerprint density at radius 2 is 1.77 bits per heavy atom. The van der Waals surface area contributed by atoms with Crippen LogP contribution >= 0.6 is 0 Å². The monoisotopic (exact) mass is 415 g/mol. The largest absolute Gasteiger partial charge is 0.496 e. The van der Waals surface area contributed by atoms with Crippen LogP contribution in [0.4, 0.5) is 5.69 Å². The molecule has 1 fully saturated rings. The van der Waals surface area contributed by atoms with Crippen molar-refractivity contribution in [3.05, 3.63) is 23.8 Å². The van der Waals surface area contributed by atoms with Gasteiger partial charge in [-0.15, -0.1) is 0 Å². The lowest BCUT2D eigenvalue weighted by Gasteiger charge is -2.39. The molecule has 7 heteroatoms. The smallest absolute Gasteiger partial charge is 0.247 e. The Bertz CT molecular complexity index is 830. The number of carbonyl (C=O) groups is 2. The van der Waals surface area contributed by atoms with Gasteiger partial charge in [-0.05, 0) is 56.7 Å². The van der Waals surface area contributed by atoms with Gasteiger partial charge in [0.2, 0.25) is 11.8 Å². The molecule has 0 saturated heterocycles. The molecule has 1 atom stereocenters. The second-order valence-electron chi connectivity index (χ2n) is 8.55. The minimum absolute atomic E-state index is 0.149. The third kappa shape index (κ3) is 4.25. The van der Waals surface area contributed by atoms with Crippen molar-refractivity contribution in [3.8, 4) is 11.5 Å². The second kappa shape index (κ2) is 8.98. The molecule has 1 aromatic rings. The van der Waals surface area contributed by atoms with E-state index >= 15 is 0 Å². The first kappa shape index (κ1) is 22.0. The summed E-state index contributed by atoms with van der Waals surface area (Å²) in [5, 5.41) is 6.55. The Morgan fingerprint density at radius 1 is 1.13 bits per heavy atom. The lowest BCUT2D eigenvalue weighted by molar-refractivity contribution is -0.141. The van der Waals surface area contributed by atoms with Crippen molar-refractivity contribution in [3.63, 3.8) is 0 Å². The number of carbonyl (C=O) groups excluding carboxylic acids is 2. The summed E-state index contributed by atoms with van der Waals surface area (Å²) in [5.74, 6) is 1.55. The summed E-state index contributed by atoms with van der Waals surface area (Å²) >= 11 is 0. The second-order valence-corrected chi connectivity index (χ2v) is 8.55. The molecule has 1 aliphatic carbocycles. The standard InChI is InChI=1S/C23H33N3O4/c1-15-6-8-16(9-7-15)25-22(28)23(2)14-24-21-17(10-13-20(27)26(23)3)18(29-4)11-12-19(21)30-5/h10-13,15-16,24H,6-9,14H2,1-5H3,(H,25,28)/b13-10+. The van der Waals surface area contributed by atoms with Crippen molar-refractivity contribution in [2.45, 2.75) is 51.1 Å². The summed E-state index contributed by atoms with van der Waals surface area (Å²) < 4.78 is 11.0. The number of likely N-dealkylation sites (N-methyl/N-ethyl adjacent to an activating group) is 1. The fourth-order valence-corrected chi connectivity index (χ4v) is 4.14. The number of fused-ring (bicyclic) bond motifs is 1. The first-order valence-corrected chi connectivity index (χ1v) is 10.6. The van der Waals surface area contributed by atoms with Crippen LogP contribution in [0.1, 0.15) is 45.1 Å². The van der Waals surface area contributed by atoms with Crippen LogP contribution in [-0.2, 0) is 9.59 Å². The first-order valence-electron chi connectivity index (χ1n) is 10.6. The summed E-state index contributed by atoms with van der Waals surface area (Å²) in [4.78, 5) is 27.8. The molecular formula is C23H33N3O4. The molecule has 1 aliphatic heterocycles. The Balaban J connectivity index is 1.91. The number of hydrogen-bond acceptors (Lipinski definition) is 5. The normalized spacial score (nSPS) is 27.6. The highest BCUT2D eigenvalue weighted by Crippen LogP contribution is 2.37. The van der Waals surface area contributed by atoms with Gasteiger partial charge in [0.25, 0.3) is 0 Å². The molecule has 1 heterocycles. The van der Waals surface area contributed by atoms with Crippen molar-refractivity contribution in [2.24, 2.45) is 5.92 Å². The maximum Gasteiger partial charge on any atom is 0.247 e. The van der Waals surface area contributed by atoms with E-state index in [1.165, 1.54) is 11.0 Å². The van der Waals surface area contributed by atoms with E-state index in [2.05, 4.69) is 17.6 Å². The van der Waals surface area contributed by atoms with Crippen LogP contribution in [0.15, 0.2) is 18.2 Å². The van der Waals surface area contributed by atoms with E-state index in [1.807, 2.05) is 6.07 Å². The zero-order valence-electron chi connectivity index (χ0n) is 18.6. The molecular weight excluding hydrogens is 382 g/mol. The number of anilines is 1. The molecule has 164 valence electrons. The maximum absolute atomic E-state index is 13.4. The Kier molecular flexibility index (Phi) is 6.58. The Morgan fingerprint density at radius 3 is 2.40 bits per heavy atom. The highest BCUT2D eigenvalue weighted by atomic mass is 16.5. The van der Waals surface area contributed by atoms with Crippen molar-refractivity contribution in [1.29, 1.82) is 0 Å². The van der Waals surface area contributed by atoms with E-state index in [0.717, 1.165) is 25.7 Å². The number of ether oxygens (including phenoxy) is 2. The van der Waals surface area contributed by atoms with Gasteiger partial charge >= 0.3 is 0 Å². The molecule has 2 N–H and O–H groups in total. The number of nitrogens with one attached hydrogen (secondary N) is 2. The first-order chi connectivity index (χ1) is 14.3. The summed E-state index contributed by atoms with van der Waals surface area (Å²) in [5.41, 5.74) is 0.339. The van der Waals surface area contributed by atoms with E-state index in [4.69, 9.17) is 9.47 Å². The van der Waals surface area contributed by atoms with Gasteiger partial charge in [-0.25, -0.2) is 0 Å².